The van der Waals surface area contributed by atoms with Crippen molar-refractivity contribution in [2.75, 3.05) is 7.11 Å². The van der Waals surface area contributed by atoms with E-state index in [-0.39, 0.29) is 22.8 Å². The fourth-order valence-electron chi connectivity index (χ4n) is 2.35. The lowest BCUT2D eigenvalue weighted by atomic mass is 9.83. The number of nitrogens with one attached hydrogen (secondary N) is 1. The number of hydrogen-bond donors (Lipinski definition) is 1. The summed E-state index contributed by atoms with van der Waals surface area (Å²) in [4.78, 5) is 12.7. The summed E-state index contributed by atoms with van der Waals surface area (Å²) in [5.74, 6) is 1.06. The Bertz CT molecular complexity index is 481. The summed E-state index contributed by atoms with van der Waals surface area (Å²) in [6.07, 6.45) is 0.636. The SMILES string of the molecule is COc1ccccc1C[C@H](NC(C)(C)C)C(=O)C(C)(C)C. The van der Waals surface area contributed by atoms with Crippen molar-refractivity contribution < 1.29 is 9.53 Å². The van der Waals surface area contributed by atoms with Gasteiger partial charge in [0.25, 0.3) is 0 Å². The van der Waals surface area contributed by atoms with Crippen LogP contribution in [0.5, 0.6) is 5.75 Å². The Morgan fingerprint density at radius 2 is 1.71 bits per heavy atom. The fourth-order valence-corrected chi connectivity index (χ4v) is 2.35. The second kappa shape index (κ2) is 6.61. The van der Waals surface area contributed by atoms with Crippen molar-refractivity contribution in [3.8, 4) is 5.75 Å². The van der Waals surface area contributed by atoms with Crippen LogP contribution in [-0.2, 0) is 11.2 Å². The minimum atomic E-state index is -0.370. The van der Waals surface area contributed by atoms with Crippen molar-refractivity contribution in [3.63, 3.8) is 0 Å². The number of ketones is 1. The number of ether oxygens (including phenoxy) is 1. The zero-order valence-electron chi connectivity index (χ0n) is 14.4. The third kappa shape index (κ3) is 5.50. The van der Waals surface area contributed by atoms with E-state index in [0.717, 1.165) is 11.3 Å². The van der Waals surface area contributed by atoms with Crippen LogP contribution < -0.4 is 10.1 Å². The molecule has 0 aliphatic rings. The van der Waals surface area contributed by atoms with Gasteiger partial charge < -0.3 is 10.1 Å². The predicted molar refractivity (Wildman–Crippen MR) is 87.8 cm³/mol. The van der Waals surface area contributed by atoms with Gasteiger partial charge in [-0.1, -0.05) is 39.0 Å². The van der Waals surface area contributed by atoms with E-state index in [0.29, 0.717) is 6.42 Å². The second-order valence-corrected chi connectivity index (χ2v) is 7.58. The van der Waals surface area contributed by atoms with E-state index in [1.807, 2.05) is 45.0 Å². The Morgan fingerprint density at radius 3 is 2.19 bits per heavy atom. The van der Waals surface area contributed by atoms with E-state index in [4.69, 9.17) is 4.74 Å². The van der Waals surface area contributed by atoms with Crippen molar-refractivity contribution in [1.82, 2.24) is 5.32 Å². The van der Waals surface area contributed by atoms with Gasteiger partial charge in [-0.3, -0.25) is 4.79 Å². The first-order chi connectivity index (χ1) is 9.54. The summed E-state index contributed by atoms with van der Waals surface area (Å²) in [6, 6.07) is 7.66. The van der Waals surface area contributed by atoms with Gasteiger partial charge in [0.05, 0.1) is 13.2 Å². The van der Waals surface area contributed by atoms with Gasteiger partial charge in [0.2, 0.25) is 0 Å². The molecule has 0 heterocycles. The van der Waals surface area contributed by atoms with Gasteiger partial charge in [0, 0.05) is 11.0 Å². The van der Waals surface area contributed by atoms with E-state index < -0.39 is 0 Å². The average Bonchev–Trinajstić information content (AvgIpc) is 2.35. The normalized spacial score (nSPS) is 13.9. The lowest BCUT2D eigenvalue weighted by molar-refractivity contribution is -0.128. The molecule has 1 aromatic carbocycles. The smallest absolute Gasteiger partial charge is 0.155 e. The first-order valence-electron chi connectivity index (χ1n) is 7.48. The summed E-state index contributed by atoms with van der Waals surface area (Å²) in [6.45, 7) is 12.1. The molecule has 0 unspecified atom stereocenters. The van der Waals surface area contributed by atoms with Crippen molar-refractivity contribution in [2.24, 2.45) is 5.41 Å². The van der Waals surface area contributed by atoms with Crippen LogP contribution in [0.4, 0.5) is 0 Å². The number of para-hydroxylation sites is 1. The Hall–Kier alpha value is -1.35. The van der Waals surface area contributed by atoms with Crippen molar-refractivity contribution >= 4 is 5.78 Å². The Kier molecular flexibility index (Phi) is 5.57. The number of methoxy groups -OCH3 is 1. The van der Waals surface area contributed by atoms with Gasteiger partial charge in [-0.2, -0.15) is 0 Å². The molecule has 21 heavy (non-hydrogen) atoms. The number of carbonyl (C=O) groups is 1. The van der Waals surface area contributed by atoms with Crippen LogP contribution in [-0.4, -0.2) is 24.5 Å². The third-order valence-corrected chi connectivity index (χ3v) is 3.28. The van der Waals surface area contributed by atoms with Crippen LogP contribution in [0.1, 0.15) is 47.1 Å². The van der Waals surface area contributed by atoms with E-state index in [1.165, 1.54) is 0 Å². The fraction of sp³-hybridized carbons (Fsp3) is 0.611. The van der Waals surface area contributed by atoms with E-state index in [1.54, 1.807) is 7.11 Å². The molecule has 1 atom stereocenters. The van der Waals surface area contributed by atoms with Crippen molar-refractivity contribution in [3.05, 3.63) is 29.8 Å². The minimum absolute atomic E-state index is 0.117. The third-order valence-electron chi connectivity index (χ3n) is 3.28. The van der Waals surface area contributed by atoms with Gasteiger partial charge in [-0.15, -0.1) is 0 Å². The Labute approximate surface area is 129 Å². The van der Waals surface area contributed by atoms with Crippen LogP contribution in [0.2, 0.25) is 0 Å². The molecule has 0 aliphatic heterocycles. The van der Waals surface area contributed by atoms with Crippen LogP contribution in [0.25, 0.3) is 0 Å². The minimum Gasteiger partial charge on any atom is -0.496 e. The maximum absolute atomic E-state index is 12.7. The molecule has 0 aromatic heterocycles. The molecule has 0 bridgehead atoms. The molecular formula is C18H29NO2. The topological polar surface area (TPSA) is 38.3 Å². The lowest BCUT2D eigenvalue weighted by Gasteiger charge is -2.32. The molecule has 0 spiro atoms. The standard InChI is InChI=1S/C18H29NO2/c1-17(2,3)16(20)14(19-18(4,5)6)12-13-10-8-9-11-15(13)21-7/h8-11,14,19H,12H2,1-7H3/t14-/m0/s1. The first kappa shape index (κ1) is 17.7. The molecule has 0 amide bonds. The molecule has 3 nitrogen and oxygen atoms in total. The van der Waals surface area contributed by atoms with E-state index in [9.17, 15) is 4.79 Å². The van der Waals surface area contributed by atoms with Gasteiger partial charge in [-0.05, 0) is 38.8 Å². The van der Waals surface area contributed by atoms with E-state index in [2.05, 4.69) is 26.1 Å². The first-order valence-corrected chi connectivity index (χ1v) is 7.48. The molecule has 0 fully saturated rings. The number of carbonyl (C=O) groups excluding carboxylic acids is 1. The summed E-state index contributed by atoms with van der Waals surface area (Å²) < 4.78 is 5.40. The number of hydrogen-bond acceptors (Lipinski definition) is 3. The monoisotopic (exact) mass is 291 g/mol. The summed E-state index contributed by atoms with van der Waals surface area (Å²) >= 11 is 0. The van der Waals surface area contributed by atoms with Gasteiger partial charge in [0.15, 0.2) is 5.78 Å². The largest absolute Gasteiger partial charge is 0.496 e. The number of benzene rings is 1. The zero-order chi connectivity index (χ0) is 16.3. The predicted octanol–water partition coefficient (Wildman–Crippen LogP) is 3.61. The van der Waals surface area contributed by atoms with Crippen LogP contribution in [0.15, 0.2) is 24.3 Å². The van der Waals surface area contributed by atoms with Crippen molar-refractivity contribution in [1.29, 1.82) is 0 Å². The zero-order valence-corrected chi connectivity index (χ0v) is 14.4. The highest BCUT2D eigenvalue weighted by molar-refractivity contribution is 5.89. The highest BCUT2D eigenvalue weighted by Gasteiger charge is 2.32. The van der Waals surface area contributed by atoms with Crippen LogP contribution in [0, 0.1) is 5.41 Å². The molecule has 1 aromatic rings. The molecule has 0 saturated heterocycles. The molecular weight excluding hydrogens is 262 g/mol. The molecule has 1 rings (SSSR count). The van der Waals surface area contributed by atoms with Crippen molar-refractivity contribution in [2.45, 2.75) is 59.5 Å². The molecule has 3 heteroatoms. The van der Waals surface area contributed by atoms with E-state index >= 15 is 0 Å². The second-order valence-electron chi connectivity index (χ2n) is 7.58. The van der Waals surface area contributed by atoms with Gasteiger partial charge in [-0.25, -0.2) is 0 Å². The molecule has 0 radical (unpaired) electrons. The molecule has 118 valence electrons. The van der Waals surface area contributed by atoms with Gasteiger partial charge >= 0.3 is 0 Å². The van der Waals surface area contributed by atoms with Gasteiger partial charge in [0.1, 0.15) is 5.75 Å². The highest BCUT2D eigenvalue weighted by Crippen LogP contribution is 2.24. The molecule has 0 aliphatic carbocycles. The highest BCUT2D eigenvalue weighted by atomic mass is 16.5. The maximum atomic E-state index is 12.7. The number of rotatable bonds is 5. The molecule has 1 N–H and O–H groups in total. The summed E-state index contributed by atoms with van der Waals surface area (Å²) in [5, 5.41) is 3.46. The van der Waals surface area contributed by atoms with Crippen LogP contribution in [0.3, 0.4) is 0 Å². The van der Waals surface area contributed by atoms with Crippen LogP contribution >= 0.6 is 0 Å². The molecule has 0 saturated carbocycles. The quantitative estimate of drug-likeness (QED) is 0.900. The Balaban J connectivity index is 3.05. The summed E-state index contributed by atoms with van der Waals surface area (Å²) in [5.41, 5.74) is 0.567. The number of Topliss-reactive ketones (excluding diaryl/α,β-unsaturated/α-hetero) is 1. The summed E-state index contributed by atoms with van der Waals surface area (Å²) in [7, 11) is 1.66. The average molecular weight is 291 g/mol. The lowest BCUT2D eigenvalue weighted by Crippen LogP contribution is -2.51. The maximum Gasteiger partial charge on any atom is 0.155 e. The Morgan fingerprint density at radius 1 is 1.14 bits per heavy atom.